The quantitative estimate of drug-likeness (QED) is 0.408. The van der Waals surface area contributed by atoms with Gasteiger partial charge >= 0.3 is 0 Å². The number of carbonyl (C=O) groups is 2. The molecule has 0 fully saturated rings. The van der Waals surface area contributed by atoms with E-state index in [-0.39, 0.29) is 11.6 Å². The fraction of sp³-hybridized carbons (Fsp3) is 0.0476. The van der Waals surface area contributed by atoms with Crippen molar-refractivity contribution >= 4 is 46.4 Å². The van der Waals surface area contributed by atoms with Crippen molar-refractivity contribution in [2.75, 3.05) is 10.6 Å². The van der Waals surface area contributed by atoms with E-state index in [0.717, 1.165) is 0 Å². The van der Waals surface area contributed by atoms with Gasteiger partial charge in [-0.1, -0.05) is 29.3 Å². The SMILES string of the molecule is Cn1ccc(C(=O)Nc2cccc(NC(=O)c3cc(-c4ccc(Cl)cc4Cl)n[nH]3)c2)n1. The highest BCUT2D eigenvalue weighted by atomic mass is 35.5. The highest BCUT2D eigenvalue weighted by Crippen LogP contribution is 2.29. The topological polar surface area (TPSA) is 105 Å². The van der Waals surface area contributed by atoms with Crippen LogP contribution in [0.3, 0.4) is 0 Å². The maximum atomic E-state index is 12.6. The lowest BCUT2D eigenvalue weighted by Gasteiger charge is -2.07. The van der Waals surface area contributed by atoms with Crippen molar-refractivity contribution in [3.8, 4) is 11.3 Å². The van der Waals surface area contributed by atoms with Crippen molar-refractivity contribution in [2.45, 2.75) is 0 Å². The molecule has 2 aromatic carbocycles. The fourth-order valence-corrected chi connectivity index (χ4v) is 3.38. The minimum absolute atomic E-state index is 0.254. The first-order chi connectivity index (χ1) is 14.9. The predicted octanol–water partition coefficient (Wildman–Crippen LogP) is 4.62. The summed E-state index contributed by atoms with van der Waals surface area (Å²) < 4.78 is 1.54. The third-order valence-corrected chi connectivity index (χ3v) is 4.90. The molecule has 8 nitrogen and oxygen atoms in total. The van der Waals surface area contributed by atoms with Gasteiger partial charge in [-0.3, -0.25) is 19.4 Å². The van der Waals surface area contributed by atoms with E-state index in [0.29, 0.717) is 38.4 Å². The second-order valence-electron chi connectivity index (χ2n) is 6.65. The molecule has 0 radical (unpaired) electrons. The molecule has 10 heteroatoms. The maximum Gasteiger partial charge on any atom is 0.276 e. The van der Waals surface area contributed by atoms with Gasteiger partial charge < -0.3 is 10.6 Å². The third-order valence-electron chi connectivity index (χ3n) is 4.35. The molecule has 0 atom stereocenters. The number of aromatic nitrogens is 4. The molecule has 31 heavy (non-hydrogen) atoms. The summed E-state index contributed by atoms with van der Waals surface area (Å²) in [7, 11) is 1.73. The smallest absolute Gasteiger partial charge is 0.276 e. The van der Waals surface area contributed by atoms with Crippen molar-refractivity contribution < 1.29 is 9.59 Å². The van der Waals surface area contributed by atoms with Gasteiger partial charge in [-0.15, -0.1) is 0 Å². The van der Waals surface area contributed by atoms with Gasteiger partial charge in [0.05, 0.1) is 10.7 Å². The van der Waals surface area contributed by atoms with Crippen molar-refractivity contribution in [3.63, 3.8) is 0 Å². The van der Waals surface area contributed by atoms with Gasteiger partial charge in [0.25, 0.3) is 11.8 Å². The Morgan fingerprint density at radius 1 is 0.968 bits per heavy atom. The van der Waals surface area contributed by atoms with E-state index in [2.05, 4.69) is 25.9 Å². The summed E-state index contributed by atoms with van der Waals surface area (Å²) in [5.41, 5.74) is 2.74. The zero-order valence-electron chi connectivity index (χ0n) is 16.2. The molecular weight excluding hydrogens is 439 g/mol. The summed E-state index contributed by atoms with van der Waals surface area (Å²) in [6, 6.07) is 15.0. The van der Waals surface area contributed by atoms with Crippen LogP contribution in [0.4, 0.5) is 11.4 Å². The number of halogens is 2. The average Bonchev–Trinajstić information content (AvgIpc) is 3.38. The van der Waals surface area contributed by atoms with Crippen LogP contribution in [0.1, 0.15) is 21.0 Å². The van der Waals surface area contributed by atoms with Gasteiger partial charge in [0, 0.05) is 35.2 Å². The van der Waals surface area contributed by atoms with Crippen LogP contribution in [0.5, 0.6) is 0 Å². The van der Waals surface area contributed by atoms with Crippen molar-refractivity contribution in [1.82, 2.24) is 20.0 Å². The lowest BCUT2D eigenvalue weighted by atomic mass is 10.1. The Morgan fingerprint density at radius 3 is 2.39 bits per heavy atom. The highest BCUT2D eigenvalue weighted by molar-refractivity contribution is 6.36. The van der Waals surface area contributed by atoms with Gasteiger partial charge in [0.1, 0.15) is 5.69 Å². The Bertz CT molecular complexity index is 1280. The summed E-state index contributed by atoms with van der Waals surface area (Å²) in [4.78, 5) is 24.9. The molecule has 4 rings (SSSR count). The molecule has 0 spiro atoms. The Balaban J connectivity index is 1.46. The van der Waals surface area contributed by atoms with Crippen LogP contribution in [-0.4, -0.2) is 31.8 Å². The second-order valence-corrected chi connectivity index (χ2v) is 7.50. The Morgan fingerprint density at radius 2 is 1.71 bits per heavy atom. The molecule has 2 heterocycles. The first-order valence-electron chi connectivity index (χ1n) is 9.12. The van der Waals surface area contributed by atoms with Gasteiger partial charge in [0.2, 0.25) is 0 Å². The minimum atomic E-state index is -0.392. The van der Waals surface area contributed by atoms with Crippen LogP contribution in [0.25, 0.3) is 11.3 Å². The summed E-state index contributed by atoms with van der Waals surface area (Å²) >= 11 is 12.1. The number of hydrogen-bond acceptors (Lipinski definition) is 4. The predicted molar refractivity (Wildman–Crippen MR) is 120 cm³/mol. The lowest BCUT2D eigenvalue weighted by Crippen LogP contribution is -2.14. The number of rotatable bonds is 5. The first kappa shape index (κ1) is 20.6. The van der Waals surface area contributed by atoms with Gasteiger partial charge in [-0.2, -0.15) is 10.2 Å². The number of H-pyrrole nitrogens is 1. The second kappa shape index (κ2) is 8.63. The number of aromatic amines is 1. The van der Waals surface area contributed by atoms with E-state index in [1.807, 2.05) is 0 Å². The minimum Gasteiger partial charge on any atom is -0.321 e. The largest absolute Gasteiger partial charge is 0.321 e. The molecule has 156 valence electrons. The van der Waals surface area contributed by atoms with Crippen LogP contribution >= 0.6 is 23.2 Å². The number of aryl methyl sites for hydroxylation is 1. The van der Waals surface area contributed by atoms with Crippen LogP contribution in [0.2, 0.25) is 10.0 Å². The standard InChI is InChI=1S/C21H16Cl2N6O2/c1-29-8-7-17(28-29)20(30)24-13-3-2-4-14(10-13)25-21(31)19-11-18(26-27-19)15-6-5-12(22)9-16(15)23/h2-11H,1H3,(H,24,30)(H,25,31)(H,26,27). The molecule has 3 N–H and O–H groups in total. The Hall–Kier alpha value is -3.62. The monoisotopic (exact) mass is 454 g/mol. The Kier molecular flexibility index (Phi) is 5.75. The van der Waals surface area contributed by atoms with Gasteiger partial charge in [-0.05, 0) is 48.5 Å². The molecule has 0 aliphatic carbocycles. The summed E-state index contributed by atoms with van der Waals surface area (Å²) in [5.74, 6) is -0.737. The molecule has 0 saturated carbocycles. The summed E-state index contributed by atoms with van der Waals surface area (Å²) in [6.45, 7) is 0. The lowest BCUT2D eigenvalue weighted by molar-refractivity contribution is 0.101. The van der Waals surface area contributed by atoms with Crippen LogP contribution in [-0.2, 0) is 7.05 Å². The number of carbonyl (C=O) groups excluding carboxylic acids is 2. The average molecular weight is 455 g/mol. The molecule has 2 amide bonds. The Labute approximate surface area is 187 Å². The molecule has 0 saturated heterocycles. The van der Waals surface area contributed by atoms with E-state index in [1.54, 1.807) is 72.5 Å². The number of nitrogens with zero attached hydrogens (tertiary/aromatic N) is 3. The molecule has 0 unspecified atom stereocenters. The number of amides is 2. The van der Waals surface area contributed by atoms with Crippen molar-refractivity contribution in [2.24, 2.45) is 7.05 Å². The molecular formula is C21H16Cl2N6O2. The molecule has 0 aliphatic heterocycles. The summed E-state index contributed by atoms with van der Waals surface area (Å²) in [6.07, 6.45) is 1.68. The number of nitrogens with one attached hydrogen (secondary N) is 3. The van der Waals surface area contributed by atoms with Crippen LogP contribution < -0.4 is 10.6 Å². The fourth-order valence-electron chi connectivity index (χ4n) is 2.88. The zero-order chi connectivity index (χ0) is 22.0. The van der Waals surface area contributed by atoms with E-state index >= 15 is 0 Å². The first-order valence-corrected chi connectivity index (χ1v) is 9.88. The van der Waals surface area contributed by atoms with Crippen molar-refractivity contribution in [1.29, 1.82) is 0 Å². The van der Waals surface area contributed by atoms with E-state index in [1.165, 1.54) is 0 Å². The van der Waals surface area contributed by atoms with Gasteiger partial charge in [-0.25, -0.2) is 0 Å². The molecule has 4 aromatic rings. The van der Waals surface area contributed by atoms with Gasteiger partial charge in [0.15, 0.2) is 5.69 Å². The molecule has 0 bridgehead atoms. The maximum absolute atomic E-state index is 12.6. The van der Waals surface area contributed by atoms with E-state index < -0.39 is 5.91 Å². The molecule has 0 aliphatic rings. The normalized spacial score (nSPS) is 10.7. The van der Waals surface area contributed by atoms with Crippen LogP contribution in [0.15, 0.2) is 60.8 Å². The van der Waals surface area contributed by atoms with E-state index in [4.69, 9.17) is 23.2 Å². The number of hydrogen-bond donors (Lipinski definition) is 3. The van der Waals surface area contributed by atoms with E-state index in [9.17, 15) is 9.59 Å². The summed E-state index contributed by atoms with van der Waals surface area (Å²) in [5, 5.41) is 17.4. The third kappa shape index (κ3) is 4.76. The molecule has 2 aromatic heterocycles. The zero-order valence-corrected chi connectivity index (χ0v) is 17.7. The number of anilines is 2. The van der Waals surface area contributed by atoms with Crippen molar-refractivity contribution in [3.05, 3.63) is 82.2 Å². The van der Waals surface area contributed by atoms with Crippen LogP contribution in [0, 0.1) is 0 Å². The number of benzene rings is 2. The highest BCUT2D eigenvalue weighted by Gasteiger charge is 2.14.